The molecule has 1 atom stereocenters. The normalized spacial score (nSPS) is 14.1. The second-order valence-corrected chi connectivity index (χ2v) is 11.8. The van der Waals surface area contributed by atoms with Crippen molar-refractivity contribution < 1.29 is 41.4 Å². The first kappa shape index (κ1) is 26.4. The lowest BCUT2D eigenvalue weighted by atomic mass is 10.1. The minimum absolute atomic E-state index is 0.0562. The molecule has 5 rings (SSSR count). The van der Waals surface area contributed by atoms with E-state index in [2.05, 4.69) is 15.3 Å². The van der Waals surface area contributed by atoms with Crippen molar-refractivity contribution in [2.45, 2.75) is 29.1 Å². The van der Waals surface area contributed by atoms with E-state index in [1.54, 1.807) is 0 Å². The fourth-order valence-corrected chi connectivity index (χ4v) is 6.10. The molecular weight excluding hydrogens is 556 g/mol. The van der Waals surface area contributed by atoms with Gasteiger partial charge in [-0.3, -0.25) is 10.1 Å². The average Bonchev–Trinajstić information content (AvgIpc) is 3.68. The van der Waals surface area contributed by atoms with Gasteiger partial charge in [-0.1, -0.05) is 23.5 Å². The number of pyridine rings is 1. The number of sulfone groups is 1. The minimum atomic E-state index is -3.48. The maximum Gasteiger partial charge on any atom is 0.341 e. The molecule has 202 valence electrons. The summed E-state index contributed by atoms with van der Waals surface area (Å²) in [6.45, 7) is -0.583. The number of rotatable bonds is 10. The van der Waals surface area contributed by atoms with E-state index in [0.717, 1.165) is 23.5 Å². The Morgan fingerprint density at radius 3 is 2.49 bits per heavy atom. The number of nitrogens with zero attached hydrogens (tertiary/aromatic N) is 2. The summed E-state index contributed by atoms with van der Waals surface area (Å²) in [5.74, 6) is -4.13. The fraction of sp³-hybridized carbons (Fsp3) is 0.200. The highest BCUT2D eigenvalue weighted by atomic mass is 32.2. The van der Waals surface area contributed by atoms with Crippen molar-refractivity contribution in [3.05, 3.63) is 71.8 Å². The predicted molar refractivity (Wildman–Crippen MR) is 136 cm³/mol. The summed E-state index contributed by atoms with van der Waals surface area (Å²) in [5, 5.41) is 11.0. The van der Waals surface area contributed by atoms with Crippen LogP contribution in [0.4, 0.5) is 13.9 Å². The Balaban J connectivity index is 1.42. The lowest BCUT2D eigenvalue weighted by molar-refractivity contribution is -0.139. The average molecular weight is 576 g/mol. The summed E-state index contributed by atoms with van der Waals surface area (Å²) in [5.41, 5.74) is 0.615. The number of carboxylic acid groups (broad SMARTS) is 1. The standard InChI is InChI=1S/C25H19F2N3O7S2/c26-14-3-9-19(17(27)11-14)37-22(13-1-4-15(5-2-13)39(34,35)16-6-7-16)23(33)30-25-28-18-8-10-20(29-24(18)38-25)36-12-21(31)32/h1-5,8-11,16,22H,6-7,12H2,(H,31,32)(H,28,30,33). The van der Waals surface area contributed by atoms with Gasteiger partial charge in [-0.15, -0.1) is 0 Å². The van der Waals surface area contributed by atoms with Crippen LogP contribution in [0, 0.1) is 11.6 Å². The molecule has 2 N–H and O–H groups in total. The third-order valence-electron chi connectivity index (χ3n) is 5.66. The van der Waals surface area contributed by atoms with Crippen molar-refractivity contribution in [2.75, 3.05) is 11.9 Å². The van der Waals surface area contributed by atoms with Crippen LogP contribution in [-0.2, 0) is 19.4 Å². The van der Waals surface area contributed by atoms with Gasteiger partial charge in [-0.2, -0.15) is 0 Å². The number of aromatic nitrogens is 2. The molecule has 39 heavy (non-hydrogen) atoms. The summed E-state index contributed by atoms with van der Waals surface area (Å²) >= 11 is 0.974. The molecule has 1 aliphatic carbocycles. The summed E-state index contributed by atoms with van der Waals surface area (Å²) < 4.78 is 63.6. The third-order valence-corrected chi connectivity index (χ3v) is 8.81. The van der Waals surface area contributed by atoms with Crippen LogP contribution >= 0.6 is 11.3 Å². The van der Waals surface area contributed by atoms with Gasteiger partial charge >= 0.3 is 5.97 Å². The van der Waals surface area contributed by atoms with E-state index in [1.165, 1.54) is 36.4 Å². The molecule has 0 bridgehead atoms. The molecule has 0 aliphatic heterocycles. The maximum atomic E-state index is 14.4. The van der Waals surface area contributed by atoms with Gasteiger partial charge in [-0.25, -0.2) is 32.0 Å². The molecule has 1 saturated carbocycles. The fourth-order valence-electron chi connectivity index (χ4n) is 3.61. The second kappa shape index (κ2) is 10.5. The number of nitrogens with one attached hydrogen (secondary N) is 1. The topological polar surface area (TPSA) is 145 Å². The lowest BCUT2D eigenvalue weighted by Crippen LogP contribution is -2.26. The van der Waals surface area contributed by atoms with Crippen molar-refractivity contribution in [2.24, 2.45) is 0 Å². The van der Waals surface area contributed by atoms with E-state index >= 15 is 0 Å². The molecular formula is C25H19F2N3O7S2. The first-order chi connectivity index (χ1) is 18.6. The maximum absolute atomic E-state index is 14.4. The van der Waals surface area contributed by atoms with E-state index in [4.69, 9.17) is 14.6 Å². The van der Waals surface area contributed by atoms with E-state index < -0.39 is 57.1 Å². The Bertz CT molecular complexity index is 1670. The number of fused-ring (bicyclic) bond motifs is 1. The molecule has 2 aromatic carbocycles. The first-order valence-corrected chi connectivity index (χ1v) is 13.8. The van der Waals surface area contributed by atoms with Crippen molar-refractivity contribution >= 4 is 48.5 Å². The van der Waals surface area contributed by atoms with E-state index in [-0.39, 0.29) is 21.5 Å². The van der Waals surface area contributed by atoms with Gasteiger partial charge in [-0.05, 0) is 43.2 Å². The van der Waals surface area contributed by atoms with Crippen LogP contribution in [0.3, 0.4) is 0 Å². The number of anilines is 1. The highest BCUT2D eigenvalue weighted by molar-refractivity contribution is 7.92. The van der Waals surface area contributed by atoms with Crippen molar-refractivity contribution in [3.8, 4) is 11.6 Å². The second-order valence-electron chi connectivity index (χ2n) is 8.55. The summed E-state index contributed by atoms with van der Waals surface area (Å²) in [7, 11) is -3.48. The zero-order chi connectivity index (χ0) is 27.7. The Morgan fingerprint density at radius 2 is 1.82 bits per heavy atom. The number of benzene rings is 2. The number of aliphatic carboxylic acids is 1. The Morgan fingerprint density at radius 1 is 1.08 bits per heavy atom. The smallest absolute Gasteiger partial charge is 0.341 e. The monoisotopic (exact) mass is 575 g/mol. The SMILES string of the molecule is O=C(O)COc1ccc2nc(NC(=O)C(Oc3ccc(F)cc3F)c3ccc(S(=O)(=O)C4CC4)cc3)sc2n1. The molecule has 1 fully saturated rings. The first-order valence-electron chi connectivity index (χ1n) is 11.5. The van der Waals surface area contributed by atoms with Crippen molar-refractivity contribution in [3.63, 3.8) is 0 Å². The summed E-state index contributed by atoms with van der Waals surface area (Å²) in [6, 6.07) is 11.1. The van der Waals surface area contributed by atoms with Crippen LogP contribution in [0.25, 0.3) is 10.3 Å². The number of thiazole rings is 1. The van der Waals surface area contributed by atoms with Crippen LogP contribution < -0.4 is 14.8 Å². The molecule has 1 unspecified atom stereocenters. The van der Waals surface area contributed by atoms with Gasteiger partial charge < -0.3 is 14.6 Å². The Hall–Kier alpha value is -4.17. The van der Waals surface area contributed by atoms with Crippen LogP contribution in [-0.4, -0.2) is 47.2 Å². The minimum Gasteiger partial charge on any atom is -0.479 e. The van der Waals surface area contributed by atoms with E-state index in [1.807, 2.05) is 0 Å². The highest BCUT2D eigenvalue weighted by Gasteiger charge is 2.37. The number of carbonyl (C=O) groups is 2. The molecule has 0 radical (unpaired) electrons. The number of hydrogen-bond acceptors (Lipinski definition) is 9. The molecule has 4 aromatic rings. The number of hydrogen-bond donors (Lipinski definition) is 2. The quantitative estimate of drug-likeness (QED) is 0.285. The van der Waals surface area contributed by atoms with Crippen LogP contribution in [0.15, 0.2) is 59.5 Å². The number of halogens is 2. The van der Waals surface area contributed by atoms with Crippen molar-refractivity contribution in [1.82, 2.24) is 9.97 Å². The molecule has 2 aromatic heterocycles. The van der Waals surface area contributed by atoms with Crippen LogP contribution in [0.1, 0.15) is 24.5 Å². The zero-order valence-electron chi connectivity index (χ0n) is 19.8. The number of carbonyl (C=O) groups excluding carboxylic acids is 1. The molecule has 0 spiro atoms. The van der Waals surface area contributed by atoms with Crippen molar-refractivity contribution in [1.29, 1.82) is 0 Å². The molecule has 0 saturated heterocycles. The van der Waals surface area contributed by atoms with Gasteiger partial charge in [0, 0.05) is 17.7 Å². The van der Waals surface area contributed by atoms with Gasteiger partial charge in [0.1, 0.15) is 16.2 Å². The van der Waals surface area contributed by atoms with Gasteiger partial charge in [0.15, 0.2) is 33.1 Å². The predicted octanol–water partition coefficient (Wildman–Crippen LogP) is 4.13. The van der Waals surface area contributed by atoms with E-state index in [9.17, 15) is 26.8 Å². The van der Waals surface area contributed by atoms with Crippen LogP contribution in [0.2, 0.25) is 0 Å². The molecule has 1 amide bonds. The molecule has 1 aliphatic rings. The number of amides is 1. The summed E-state index contributed by atoms with van der Waals surface area (Å²) in [6.07, 6.45) is -0.282. The number of ether oxygens (including phenoxy) is 2. The molecule has 10 nitrogen and oxygen atoms in total. The van der Waals surface area contributed by atoms with Gasteiger partial charge in [0.25, 0.3) is 5.91 Å². The molecule has 2 heterocycles. The summed E-state index contributed by atoms with van der Waals surface area (Å²) in [4.78, 5) is 32.9. The Kier molecular flexibility index (Phi) is 7.14. The molecule has 14 heteroatoms. The van der Waals surface area contributed by atoms with Gasteiger partial charge in [0.2, 0.25) is 12.0 Å². The van der Waals surface area contributed by atoms with Crippen LogP contribution in [0.5, 0.6) is 11.6 Å². The largest absolute Gasteiger partial charge is 0.479 e. The third kappa shape index (κ3) is 5.96. The zero-order valence-corrected chi connectivity index (χ0v) is 21.5. The highest BCUT2D eigenvalue weighted by Crippen LogP contribution is 2.35. The Labute approximate surface area is 224 Å². The van der Waals surface area contributed by atoms with E-state index in [0.29, 0.717) is 29.3 Å². The lowest BCUT2D eigenvalue weighted by Gasteiger charge is -2.19. The van der Waals surface area contributed by atoms with Gasteiger partial charge in [0.05, 0.1) is 10.1 Å². The number of carboxylic acids is 1.